The van der Waals surface area contributed by atoms with Gasteiger partial charge in [0.05, 0.1) is 5.69 Å². The number of benzene rings is 2. The molecular formula is C26H24N2OS. The van der Waals surface area contributed by atoms with Crippen LogP contribution in [0.3, 0.4) is 0 Å². The minimum absolute atomic E-state index is 0.0402. The second kappa shape index (κ2) is 7.96. The fraction of sp³-hybridized carbons (Fsp3) is 0.192. The zero-order valence-electron chi connectivity index (χ0n) is 17.0. The summed E-state index contributed by atoms with van der Waals surface area (Å²) < 4.78 is 2.05. The van der Waals surface area contributed by atoms with Crippen LogP contribution in [0.4, 0.5) is 5.69 Å². The summed E-state index contributed by atoms with van der Waals surface area (Å²) in [5, 5.41) is 5.32. The third kappa shape index (κ3) is 3.48. The highest BCUT2D eigenvalue weighted by Gasteiger charge is 2.22. The van der Waals surface area contributed by atoms with Crippen molar-refractivity contribution in [3.8, 4) is 16.8 Å². The van der Waals surface area contributed by atoms with Gasteiger partial charge in [0.25, 0.3) is 5.91 Å². The Balaban J connectivity index is 1.56. The molecule has 4 aromatic rings. The van der Waals surface area contributed by atoms with Gasteiger partial charge in [-0.05, 0) is 67.5 Å². The summed E-state index contributed by atoms with van der Waals surface area (Å²) in [6.07, 6.45) is 8.56. The number of fused-ring (bicyclic) bond motifs is 1. The third-order valence-corrected chi connectivity index (χ3v) is 6.77. The smallest absolute Gasteiger partial charge is 0.267 e. The number of nitrogens with zero attached hydrogens (tertiary/aromatic N) is 1. The predicted molar refractivity (Wildman–Crippen MR) is 125 cm³/mol. The molecule has 4 heteroatoms. The van der Waals surface area contributed by atoms with E-state index in [-0.39, 0.29) is 5.91 Å². The summed E-state index contributed by atoms with van der Waals surface area (Å²) in [5.41, 5.74) is 8.00. The van der Waals surface area contributed by atoms with Crippen LogP contribution in [0, 0.1) is 6.92 Å². The van der Waals surface area contributed by atoms with Crippen LogP contribution in [0.2, 0.25) is 0 Å². The summed E-state index contributed by atoms with van der Waals surface area (Å²) >= 11 is 1.51. The molecule has 0 radical (unpaired) electrons. The number of carbonyl (C=O) groups is 1. The van der Waals surface area contributed by atoms with E-state index in [9.17, 15) is 4.79 Å². The van der Waals surface area contributed by atoms with Crippen LogP contribution in [-0.2, 0) is 12.8 Å². The molecule has 5 rings (SSSR count). The van der Waals surface area contributed by atoms with E-state index < -0.39 is 0 Å². The Morgan fingerprint density at radius 1 is 1.00 bits per heavy atom. The van der Waals surface area contributed by atoms with E-state index in [1.165, 1.54) is 40.9 Å². The number of aromatic nitrogens is 1. The van der Waals surface area contributed by atoms with Gasteiger partial charge in [0.15, 0.2) is 0 Å². The maximum atomic E-state index is 13.4. The molecular weight excluding hydrogens is 388 g/mol. The molecule has 0 fully saturated rings. The molecule has 30 heavy (non-hydrogen) atoms. The molecule has 1 aliphatic carbocycles. The Labute approximate surface area is 181 Å². The van der Waals surface area contributed by atoms with E-state index in [0.717, 1.165) is 40.2 Å². The van der Waals surface area contributed by atoms with Gasteiger partial charge in [0, 0.05) is 29.0 Å². The van der Waals surface area contributed by atoms with Crippen LogP contribution in [0.15, 0.2) is 72.4 Å². The van der Waals surface area contributed by atoms with E-state index in [2.05, 4.69) is 54.0 Å². The van der Waals surface area contributed by atoms with Crippen molar-refractivity contribution in [1.29, 1.82) is 0 Å². The first-order chi connectivity index (χ1) is 14.7. The summed E-state index contributed by atoms with van der Waals surface area (Å²) in [4.78, 5) is 14.1. The van der Waals surface area contributed by atoms with E-state index >= 15 is 0 Å². The molecule has 2 aromatic carbocycles. The second-order valence-corrected chi connectivity index (χ2v) is 8.77. The average molecular weight is 413 g/mol. The molecule has 2 heterocycles. The highest BCUT2D eigenvalue weighted by atomic mass is 32.1. The zero-order valence-corrected chi connectivity index (χ0v) is 17.8. The van der Waals surface area contributed by atoms with Gasteiger partial charge in [-0.15, -0.1) is 11.3 Å². The highest BCUT2D eigenvalue weighted by Crippen LogP contribution is 2.36. The number of hydrogen-bond donors (Lipinski definition) is 1. The quantitative estimate of drug-likeness (QED) is 0.400. The molecule has 1 amide bonds. The highest BCUT2D eigenvalue weighted by molar-refractivity contribution is 7.13. The molecule has 0 bridgehead atoms. The van der Waals surface area contributed by atoms with Gasteiger partial charge in [0.1, 0.15) is 4.88 Å². The lowest BCUT2D eigenvalue weighted by molar-refractivity contribution is 0.103. The Morgan fingerprint density at radius 2 is 1.80 bits per heavy atom. The maximum absolute atomic E-state index is 13.4. The first kappa shape index (κ1) is 18.9. The van der Waals surface area contributed by atoms with Crippen molar-refractivity contribution in [1.82, 2.24) is 4.57 Å². The SMILES string of the molecule is Cc1cccc(-c2csc(C(=O)Nc3cccc4c3CCCC4)c2-n2cccc2)c1. The van der Waals surface area contributed by atoms with Crippen molar-refractivity contribution in [2.45, 2.75) is 32.6 Å². The fourth-order valence-electron chi connectivity index (χ4n) is 4.35. The van der Waals surface area contributed by atoms with Crippen LogP contribution < -0.4 is 5.32 Å². The topological polar surface area (TPSA) is 34.0 Å². The van der Waals surface area contributed by atoms with Gasteiger partial charge in [-0.25, -0.2) is 0 Å². The predicted octanol–water partition coefficient (Wildman–Crippen LogP) is 6.65. The minimum atomic E-state index is -0.0402. The van der Waals surface area contributed by atoms with Crippen molar-refractivity contribution in [2.24, 2.45) is 0 Å². The van der Waals surface area contributed by atoms with Crippen molar-refractivity contribution in [3.63, 3.8) is 0 Å². The van der Waals surface area contributed by atoms with Gasteiger partial charge in [-0.2, -0.15) is 0 Å². The molecule has 0 saturated carbocycles. The van der Waals surface area contributed by atoms with Gasteiger partial charge < -0.3 is 9.88 Å². The lowest BCUT2D eigenvalue weighted by Crippen LogP contribution is -2.16. The summed E-state index contributed by atoms with van der Waals surface area (Å²) in [6, 6.07) is 18.7. The monoisotopic (exact) mass is 412 g/mol. The fourth-order valence-corrected chi connectivity index (χ4v) is 5.32. The van der Waals surface area contributed by atoms with E-state index in [4.69, 9.17) is 0 Å². The van der Waals surface area contributed by atoms with Crippen LogP contribution in [0.1, 0.15) is 39.2 Å². The van der Waals surface area contributed by atoms with Gasteiger partial charge in [0.2, 0.25) is 0 Å². The van der Waals surface area contributed by atoms with Crippen LogP contribution in [0.5, 0.6) is 0 Å². The van der Waals surface area contributed by atoms with E-state index in [0.29, 0.717) is 0 Å². The van der Waals surface area contributed by atoms with E-state index in [1.54, 1.807) is 0 Å². The first-order valence-corrected chi connectivity index (χ1v) is 11.3. The maximum Gasteiger partial charge on any atom is 0.267 e. The standard InChI is InChI=1S/C26H24N2OS/c1-18-8-6-11-20(16-18)22-17-30-25(24(22)28-14-4-5-15-28)26(29)27-23-13-7-10-19-9-2-3-12-21(19)23/h4-8,10-11,13-17H,2-3,9,12H2,1H3,(H,27,29). The molecule has 1 N–H and O–H groups in total. The Hall–Kier alpha value is -3.11. The zero-order chi connectivity index (χ0) is 20.5. The minimum Gasteiger partial charge on any atom is -0.322 e. The molecule has 0 aliphatic heterocycles. The number of hydrogen-bond acceptors (Lipinski definition) is 2. The van der Waals surface area contributed by atoms with Crippen LogP contribution in [-0.4, -0.2) is 10.5 Å². The molecule has 150 valence electrons. The number of aryl methyl sites for hydroxylation is 2. The Kier molecular flexibility index (Phi) is 5.01. The van der Waals surface area contributed by atoms with Crippen LogP contribution >= 0.6 is 11.3 Å². The Bertz CT molecular complexity index is 1200. The van der Waals surface area contributed by atoms with Gasteiger partial charge >= 0.3 is 0 Å². The number of anilines is 1. The number of amides is 1. The summed E-state index contributed by atoms with van der Waals surface area (Å²) in [5.74, 6) is -0.0402. The molecule has 0 atom stereocenters. The van der Waals surface area contributed by atoms with Gasteiger partial charge in [-0.1, -0.05) is 42.0 Å². The second-order valence-electron chi connectivity index (χ2n) is 7.89. The summed E-state index contributed by atoms with van der Waals surface area (Å²) in [6.45, 7) is 2.09. The normalized spacial score (nSPS) is 13.1. The number of thiophene rings is 1. The van der Waals surface area contributed by atoms with Crippen molar-refractivity contribution >= 4 is 22.9 Å². The molecule has 2 aromatic heterocycles. The number of rotatable bonds is 4. The van der Waals surface area contributed by atoms with Crippen molar-refractivity contribution in [2.75, 3.05) is 5.32 Å². The molecule has 1 aliphatic rings. The lowest BCUT2D eigenvalue weighted by Gasteiger charge is -2.19. The van der Waals surface area contributed by atoms with Crippen LogP contribution in [0.25, 0.3) is 16.8 Å². The molecule has 0 saturated heterocycles. The van der Waals surface area contributed by atoms with Crippen molar-refractivity contribution in [3.05, 3.63) is 93.9 Å². The lowest BCUT2D eigenvalue weighted by atomic mass is 9.90. The van der Waals surface area contributed by atoms with Crippen molar-refractivity contribution < 1.29 is 4.79 Å². The molecule has 0 unspecified atom stereocenters. The molecule has 3 nitrogen and oxygen atoms in total. The van der Waals surface area contributed by atoms with E-state index in [1.807, 2.05) is 35.2 Å². The van der Waals surface area contributed by atoms with Gasteiger partial charge in [-0.3, -0.25) is 4.79 Å². The Morgan fingerprint density at radius 3 is 2.63 bits per heavy atom. The molecule has 0 spiro atoms. The third-order valence-electron chi connectivity index (χ3n) is 5.81. The number of carbonyl (C=O) groups excluding carboxylic acids is 1. The average Bonchev–Trinajstić information content (AvgIpc) is 3.43. The summed E-state index contributed by atoms with van der Waals surface area (Å²) in [7, 11) is 0. The largest absolute Gasteiger partial charge is 0.322 e. The number of nitrogens with one attached hydrogen (secondary N) is 1. The first-order valence-electron chi connectivity index (χ1n) is 10.4.